The molecule has 0 unspecified atom stereocenters. The fourth-order valence-corrected chi connectivity index (χ4v) is 25.6. The predicted molar refractivity (Wildman–Crippen MR) is 270 cm³/mol. The molecule has 0 N–H and O–H groups in total. The van der Waals surface area contributed by atoms with Gasteiger partial charge < -0.3 is 0 Å². The number of hydrogen-bond acceptors (Lipinski definition) is 3. The van der Waals surface area contributed by atoms with Crippen LogP contribution in [0.4, 0.5) is 0 Å². The minimum Gasteiger partial charge on any atom is -0.278 e. The summed E-state index contributed by atoms with van der Waals surface area (Å²) in [6.07, 6.45) is 0. The summed E-state index contributed by atoms with van der Waals surface area (Å²) in [6, 6.07) is 80.2. The highest BCUT2D eigenvalue weighted by Crippen LogP contribution is 2.39. The molecule has 1 spiro atoms. The molecule has 9 aromatic carbocycles. The van der Waals surface area contributed by atoms with Crippen molar-refractivity contribution in [1.29, 1.82) is 0 Å². The van der Waals surface area contributed by atoms with Crippen molar-refractivity contribution < 1.29 is 4.11 Å². The lowest BCUT2D eigenvalue weighted by molar-refractivity contribution is 1.11. The average molecular weight is 877 g/mol. The Morgan fingerprint density at radius 1 is 0.476 bits per heavy atom. The fraction of sp³-hybridized carbons (Fsp3) is 0.0179. The van der Waals surface area contributed by atoms with Crippen molar-refractivity contribution in [1.82, 2.24) is 14.0 Å². The maximum atomic E-state index is 8.43. The van der Waals surface area contributed by atoms with E-state index in [1.54, 1.807) is 6.07 Å². The Morgan fingerprint density at radius 3 is 1.67 bits per heavy atom. The molecule has 2 aromatic heterocycles. The highest BCUT2D eigenvalue weighted by Gasteiger charge is 2.53. The summed E-state index contributed by atoms with van der Waals surface area (Å²) < 4.78 is 29.6. The monoisotopic (exact) mass is 876 g/mol. The predicted octanol–water partition coefficient (Wildman–Crippen LogP) is 8.42. The summed E-state index contributed by atoms with van der Waals surface area (Å²) in [4.78, 5) is 10.6. The third-order valence-corrected chi connectivity index (χ3v) is 26.3. The van der Waals surface area contributed by atoms with E-state index in [9.17, 15) is 0 Å². The van der Waals surface area contributed by atoms with Gasteiger partial charge in [-0.3, -0.25) is 8.97 Å². The zero-order valence-corrected chi connectivity index (χ0v) is 37.6. The largest absolute Gasteiger partial charge is 0.278 e. The summed E-state index contributed by atoms with van der Waals surface area (Å²) in [6.45, 7) is -2.31. The maximum Gasteiger partial charge on any atom is 0.220 e. The second kappa shape index (κ2) is 14.2. The van der Waals surface area contributed by atoms with Crippen LogP contribution in [0, 0.1) is 6.85 Å². The molecule has 13 rings (SSSR count). The first-order valence-electron chi connectivity index (χ1n) is 22.8. The van der Waals surface area contributed by atoms with Crippen molar-refractivity contribution >= 4 is 109 Å². The third-order valence-electron chi connectivity index (χ3n) is 13.3. The Kier molecular flexibility index (Phi) is 7.65. The van der Waals surface area contributed by atoms with Crippen LogP contribution in [0.1, 0.15) is 9.68 Å². The molecule has 3 nitrogen and oxygen atoms in total. The normalized spacial score (nSPS) is 14.7. The number of fused-ring (bicyclic) bond motifs is 13. The lowest BCUT2D eigenvalue weighted by atomic mass is 10.2. The van der Waals surface area contributed by atoms with E-state index in [1.165, 1.54) is 61.1 Å². The Bertz CT molecular complexity index is 3630. The molecule has 0 saturated heterocycles. The second-order valence-corrected chi connectivity index (χ2v) is 26.0. The van der Waals surface area contributed by atoms with Crippen molar-refractivity contribution in [2.24, 2.45) is 0 Å². The number of aryl methyl sites for hydroxylation is 1. The van der Waals surface area contributed by atoms with Crippen LogP contribution in [-0.4, -0.2) is 30.1 Å². The summed E-state index contributed by atoms with van der Waals surface area (Å²) >= 11 is 3.85. The molecule has 0 aliphatic carbocycles. The second-order valence-electron chi connectivity index (χ2n) is 16.4. The van der Waals surface area contributed by atoms with Gasteiger partial charge in [0.05, 0.1) is 22.1 Å². The lowest BCUT2D eigenvalue weighted by Crippen LogP contribution is -2.80. The van der Waals surface area contributed by atoms with Crippen LogP contribution in [0.2, 0.25) is 0 Å². The molecule has 4 heterocycles. The van der Waals surface area contributed by atoms with Crippen LogP contribution < -0.4 is 41.5 Å². The summed E-state index contributed by atoms with van der Waals surface area (Å²) in [5, 5.41) is 11.0. The van der Waals surface area contributed by atoms with Gasteiger partial charge in [-0.15, -0.1) is 0 Å². The molecule has 0 fully saturated rings. The summed E-state index contributed by atoms with van der Waals surface area (Å²) in [5.74, 6) is 0.677. The number of nitrogens with zero attached hydrogens (tertiary/aromatic N) is 3. The van der Waals surface area contributed by atoms with Gasteiger partial charge in [-0.05, 0) is 102 Å². The van der Waals surface area contributed by atoms with E-state index in [4.69, 9.17) is 9.10 Å². The van der Waals surface area contributed by atoms with Crippen LogP contribution in [-0.2, 0) is 0 Å². The van der Waals surface area contributed by atoms with Crippen LogP contribution in [0.25, 0.3) is 33.5 Å². The summed E-state index contributed by atoms with van der Waals surface area (Å²) in [5.41, 5.74) is 4.45. The van der Waals surface area contributed by atoms with Gasteiger partial charge in [0, 0.05) is 29.4 Å². The van der Waals surface area contributed by atoms with Gasteiger partial charge >= 0.3 is 0 Å². The van der Waals surface area contributed by atoms with Crippen molar-refractivity contribution in [3.05, 3.63) is 224 Å². The quantitative estimate of drug-likeness (QED) is 0.128. The number of hydrogen-bond donors (Lipinski definition) is 0. The molecule has 2 aliphatic rings. The van der Waals surface area contributed by atoms with Gasteiger partial charge in [-0.1, -0.05) is 193 Å². The molecular formula is C56H39N3S2Si2. The Balaban J connectivity index is 1.15. The number of rotatable bonds is 5. The van der Waals surface area contributed by atoms with E-state index in [0.29, 0.717) is 11.3 Å². The van der Waals surface area contributed by atoms with E-state index in [-0.39, 0.29) is 5.56 Å². The molecule has 298 valence electrons. The first-order valence-corrected chi connectivity index (χ1v) is 26.9. The van der Waals surface area contributed by atoms with Crippen LogP contribution in [0.3, 0.4) is 0 Å². The van der Waals surface area contributed by atoms with Gasteiger partial charge in [0.15, 0.2) is 16.1 Å². The molecular weight excluding hydrogens is 835 g/mol. The van der Waals surface area contributed by atoms with Crippen LogP contribution in [0.15, 0.2) is 238 Å². The van der Waals surface area contributed by atoms with Gasteiger partial charge in [-0.2, -0.15) is 0 Å². The first-order chi connectivity index (χ1) is 32.4. The van der Waals surface area contributed by atoms with Crippen molar-refractivity contribution in [3.8, 4) is 5.69 Å². The lowest BCUT2D eigenvalue weighted by Gasteiger charge is -2.45. The number of aromatic nitrogens is 3. The smallest absolute Gasteiger partial charge is 0.220 e. The maximum absolute atomic E-state index is 8.43. The highest BCUT2D eigenvalue weighted by molar-refractivity contribution is 8.01. The SMILES string of the molecule is [2H]C([2H])([2H])c1cccc2c1nc1n(-c3cccc([Si](c4ccccc4)(c4ccccc4)c4cccc5c4Sc4ccccc4[Si]54c5ccccc5Sc5ccccc54)c3)c3ccccc3n21. The zero-order valence-electron chi connectivity index (χ0n) is 36.9. The number of para-hydroxylation sites is 3. The molecule has 11 aromatic rings. The van der Waals surface area contributed by atoms with E-state index >= 15 is 0 Å². The Labute approximate surface area is 381 Å². The van der Waals surface area contributed by atoms with Gasteiger partial charge in [0.2, 0.25) is 5.78 Å². The van der Waals surface area contributed by atoms with Crippen molar-refractivity contribution in [3.63, 3.8) is 0 Å². The van der Waals surface area contributed by atoms with Gasteiger partial charge in [-0.25, -0.2) is 4.98 Å². The Hall–Kier alpha value is -6.62. The number of benzene rings is 9. The minimum absolute atomic E-state index is 0.253. The molecule has 0 saturated carbocycles. The van der Waals surface area contributed by atoms with Crippen LogP contribution >= 0.6 is 23.5 Å². The van der Waals surface area contributed by atoms with E-state index in [1.807, 2.05) is 41.7 Å². The molecule has 0 bridgehead atoms. The highest BCUT2D eigenvalue weighted by atomic mass is 32.2. The van der Waals surface area contributed by atoms with Crippen LogP contribution in [0.5, 0.6) is 0 Å². The summed E-state index contributed by atoms with van der Waals surface area (Å²) in [7, 11) is -6.12. The van der Waals surface area contributed by atoms with Crippen molar-refractivity contribution in [2.45, 2.75) is 26.4 Å². The molecule has 0 atom stereocenters. The fourth-order valence-electron chi connectivity index (χ4n) is 10.8. The average Bonchev–Trinajstić information content (AvgIpc) is 3.90. The van der Waals surface area contributed by atoms with E-state index < -0.39 is 23.0 Å². The molecule has 63 heavy (non-hydrogen) atoms. The standard InChI is InChI=1S/C56H39N3S2Si2/c1-38-19-16-28-45-54(38)57-56-58(43-26-8-9-27-44(43)59(45)56)39-20-17-25-42(37-39)62(40-21-4-2-5-22-40,41-23-6-3-7-24-41)52-35-18-36-53-55(52)61-48-31-12-15-34-51(48)63(53)49-32-13-10-29-46(49)60-47-30-11-14-33-50(47)63/h2-37H,1H3/i1D3. The molecule has 2 aliphatic heterocycles. The van der Waals surface area contributed by atoms with Gasteiger partial charge in [0.25, 0.3) is 0 Å². The number of imidazole rings is 2. The minimum atomic E-state index is -3.23. The first kappa shape index (κ1) is 33.9. The van der Waals surface area contributed by atoms with E-state index in [0.717, 1.165) is 22.2 Å². The van der Waals surface area contributed by atoms with Crippen molar-refractivity contribution in [2.75, 3.05) is 0 Å². The molecule has 0 amide bonds. The topological polar surface area (TPSA) is 22.2 Å². The Morgan fingerprint density at radius 2 is 1.00 bits per heavy atom. The third kappa shape index (κ3) is 5.13. The van der Waals surface area contributed by atoms with Gasteiger partial charge in [0.1, 0.15) is 0 Å². The molecule has 0 radical (unpaired) electrons. The molecule has 7 heteroatoms. The van der Waals surface area contributed by atoms with E-state index in [2.05, 4.69) is 203 Å². The zero-order chi connectivity index (χ0) is 44.2.